The number of nitrogens with zero attached hydrogens (tertiary/aromatic N) is 6. The number of benzene rings is 3. The Morgan fingerprint density at radius 3 is 2.55 bits per heavy atom. The lowest BCUT2D eigenvalue weighted by Crippen LogP contribution is -2.54. The average Bonchev–Trinajstić information content (AvgIpc) is 3.97. The molecule has 6 aliphatic rings. The first kappa shape index (κ1) is 45.2. The molecule has 17 nitrogen and oxygen atoms in total. The first-order valence-corrected chi connectivity index (χ1v) is 25.8. The van der Waals surface area contributed by atoms with Gasteiger partial charge in [0.1, 0.15) is 17.9 Å². The van der Waals surface area contributed by atoms with Crippen LogP contribution in [0.1, 0.15) is 79.4 Å². The van der Waals surface area contributed by atoms with Crippen LogP contribution in [0.3, 0.4) is 0 Å². The van der Waals surface area contributed by atoms with Gasteiger partial charge in [-0.3, -0.25) is 24.7 Å². The van der Waals surface area contributed by atoms with Crippen LogP contribution < -0.4 is 29.3 Å². The molecule has 5 aliphatic heterocycles. The summed E-state index contributed by atoms with van der Waals surface area (Å²) in [5, 5.41) is 16.5. The van der Waals surface area contributed by atoms with Crippen LogP contribution in [0.5, 0.6) is 11.6 Å². The Balaban J connectivity index is 0.849. The summed E-state index contributed by atoms with van der Waals surface area (Å²) in [4.78, 5) is 43.1. The smallest absolute Gasteiger partial charge is 0.297 e. The summed E-state index contributed by atoms with van der Waals surface area (Å²) in [6.45, 7) is 13.5. The minimum Gasteiger partial charge on any atom is -0.489 e. The molecular formula is C51H59N9O8S. The van der Waals surface area contributed by atoms with E-state index in [1.54, 1.807) is 12.3 Å². The number of rotatable bonds is 11. The lowest BCUT2D eigenvalue weighted by atomic mass is 9.59. The van der Waals surface area contributed by atoms with Crippen LogP contribution in [0.2, 0.25) is 0 Å². The second-order valence-electron chi connectivity index (χ2n) is 19.7. The molecule has 1 spiro atoms. The van der Waals surface area contributed by atoms with Crippen molar-refractivity contribution in [1.82, 2.24) is 24.5 Å². The predicted octanol–water partition coefficient (Wildman–Crippen LogP) is 7.63. The van der Waals surface area contributed by atoms with Gasteiger partial charge in [0.2, 0.25) is 5.88 Å². The van der Waals surface area contributed by atoms with Crippen molar-refractivity contribution in [2.75, 3.05) is 87.4 Å². The van der Waals surface area contributed by atoms with Crippen molar-refractivity contribution in [2.24, 2.45) is 5.41 Å². The first-order chi connectivity index (χ1) is 33.4. The molecule has 2 aromatic heterocycles. The number of anilines is 4. The Morgan fingerprint density at radius 2 is 1.75 bits per heavy atom. The van der Waals surface area contributed by atoms with E-state index in [2.05, 4.69) is 67.5 Å². The summed E-state index contributed by atoms with van der Waals surface area (Å²) in [5.41, 5.74) is 6.56. The number of allylic oxidation sites excluding steroid dienone is 1. The molecule has 0 unspecified atom stereocenters. The number of morpholine rings is 1. The number of nitro groups is 1. The largest absolute Gasteiger partial charge is 0.489 e. The molecule has 3 saturated heterocycles. The fourth-order valence-corrected chi connectivity index (χ4v) is 12.7. The molecule has 0 bridgehead atoms. The molecule has 362 valence electrons. The molecule has 1 saturated carbocycles. The molecule has 69 heavy (non-hydrogen) atoms. The van der Waals surface area contributed by atoms with Gasteiger partial charge in [0.15, 0.2) is 11.4 Å². The number of piperidine rings is 1. The van der Waals surface area contributed by atoms with Crippen LogP contribution in [0.25, 0.3) is 16.6 Å². The summed E-state index contributed by atoms with van der Waals surface area (Å²) < 4.78 is 48.2. The third-order valence-electron chi connectivity index (χ3n) is 15.3. The van der Waals surface area contributed by atoms with Gasteiger partial charge in [-0.05, 0) is 105 Å². The number of aromatic nitrogens is 2. The Morgan fingerprint density at radius 1 is 0.942 bits per heavy atom. The molecule has 3 aromatic carbocycles. The molecule has 7 heterocycles. The number of hydrogen-bond donors (Lipinski definition) is 3. The molecule has 3 N–H and O–H groups in total. The zero-order valence-corrected chi connectivity index (χ0v) is 39.8. The number of aromatic amines is 1. The number of sulfonamides is 1. The summed E-state index contributed by atoms with van der Waals surface area (Å²) in [6, 6.07) is 21.1. The van der Waals surface area contributed by atoms with Crippen molar-refractivity contribution < 1.29 is 32.3 Å². The lowest BCUT2D eigenvalue weighted by Gasteiger charge is -2.56. The zero-order chi connectivity index (χ0) is 47.4. The fraction of sp³-hybridized carbons (Fsp3) is 0.451. The number of nitro benzene ring substituents is 1. The first-order valence-electron chi connectivity index (χ1n) is 24.3. The number of ether oxygens (including phenoxy) is 3. The maximum Gasteiger partial charge on any atom is 0.297 e. The molecule has 5 aromatic rings. The molecule has 1 aliphatic carbocycles. The van der Waals surface area contributed by atoms with Crippen LogP contribution in [-0.4, -0.2) is 123 Å². The second kappa shape index (κ2) is 18.3. The van der Waals surface area contributed by atoms with Crippen molar-refractivity contribution in [3.63, 3.8) is 0 Å². The van der Waals surface area contributed by atoms with E-state index in [0.29, 0.717) is 74.3 Å². The third kappa shape index (κ3) is 8.76. The van der Waals surface area contributed by atoms with Crippen LogP contribution in [-0.2, 0) is 14.8 Å². The van der Waals surface area contributed by atoms with Crippen molar-refractivity contribution in [3.8, 4) is 11.6 Å². The van der Waals surface area contributed by atoms with E-state index in [-0.39, 0.29) is 35.1 Å². The minimum absolute atomic E-state index is 0.0235. The van der Waals surface area contributed by atoms with Crippen LogP contribution in [0, 0.1) is 15.5 Å². The number of carbonyl (C=O) groups is 1. The van der Waals surface area contributed by atoms with Crippen molar-refractivity contribution in [3.05, 3.63) is 106 Å². The Kier molecular flexibility index (Phi) is 12.0. The fourth-order valence-electron chi connectivity index (χ4n) is 11.7. The molecule has 18 heteroatoms. The van der Waals surface area contributed by atoms with Crippen LogP contribution >= 0.6 is 0 Å². The van der Waals surface area contributed by atoms with Crippen molar-refractivity contribution in [2.45, 2.75) is 74.9 Å². The highest BCUT2D eigenvalue weighted by molar-refractivity contribution is 7.90. The summed E-state index contributed by atoms with van der Waals surface area (Å²) >= 11 is 0. The van der Waals surface area contributed by atoms with Gasteiger partial charge in [-0.2, -0.15) is 4.98 Å². The van der Waals surface area contributed by atoms with Gasteiger partial charge < -0.3 is 34.3 Å². The van der Waals surface area contributed by atoms with Crippen LogP contribution in [0.4, 0.5) is 28.4 Å². The molecule has 1 amide bonds. The second-order valence-corrected chi connectivity index (χ2v) is 21.4. The van der Waals surface area contributed by atoms with Gasteiger partial charge in [0, 0.05) is 80.8 Å². The Hall–Kier alpha value is -6.21. The number of fused-ring (bicyclic) bond motifs is 3. The zero-order valence-electron chi connectivity index (χ0n) is 39.0. The van der Waals surface area contributed by atoms with E-state index in [1.807, 2.05) is 29.2 Å². The maximum atomic E-state index is 14.5. The number of H-pyrrole nitrogens is 1. The quantitative estimate of drug-likeness (QED) is 0.0866. The minimum atomic E-state index is -4.66. The molecule has 11 rings (SSSR count). The average molecular weight is 958 g/mol. The van der Waals surface area contributed by atoms with Crippen molar-refractivity contribution in [1.29, 1.82) is 0 Å². The molecular weight excluding hydrogens is 899 g/mol. The Labute approximate surface area is 402 Å². The number of amides is 1. The third-order valence-corrected chi connectivity index (χ3v) is 16.6. The summed E-state index contributed by atoms with van der Waals surface area (Å²) in [6.07, 6.45) is 9.26. The monoisotopic (exact) mass is 957 g/mol. The number of likely N-dealkylation sites (tertiary alicyclic amines) is 1. The highest BCUT2D eigenvalue weighted by Gasteiger charge is 2.50. The maximum absolute atomic E-state index is 14.5. The number of nitrogens with one attached hydrogen (secondary N) is 3. The normalized spacial score (nSPS) is 21.9. The van der Waals surface area contributed by atoms with Gasteiger partial charge in [-0.15, -0.1) is 0 Å². The van der Waals surface area contributed by atoms with Gasteiger partial charge >= 0.3 is 0 Å². The topological polar surface area (TPSA) is 188 Å². The van der Waals surface area contributed by atoms with E-state index in [0.717, 1.165) is 68.3 Å². The van der Waals surface area contributed by atoms with E-state index in [4.69, 9.17) is 19.2 Å². The number of pyridine rings is 1. The Bertz CT molecular complexity index is 2920. The highest BCUT2D eigenvalue weighted by Crippen LogP contribution is 2.54. The van der Waals surface area contributed by atoms with Gasteiger partial charge in [-0.1, -0.05) is 36.4 Å². The van der Waals surface area contributed by atoms with E-state index >= 15 is 0 Å². The van der Waals surface area contributed by atoms with E-state index in [1.165, 1.54) is 42.9 Å². The van der Waals surface area contributed by atoms with Gasteiger partial charge in [-0.25, -0.2) is 13.1 Å². The van der Waals surface area contributed by atoms with E-state index in [9.17, 15) is 23.3 Å². The lowest BCUT2D eigenvalue weighted by molar-refractivity contribution is -0.384. The van der Waals surface area contributed by atoms with Gasteiger partial charge in [0.25, 0.3) is 21.6 Å². The van der Waals surface area contributed by atoms with Crippen LogP contribution in [0.15, 0.2) is 84.4 Å². The number of hydrogen-bond acceptors (Lipinski definition) is 14. The SMILES string of the molecule is C=C(C)c1ccccc1[C@@H]1CCCN1C1CC2(CCN(c3ccc(C(=O)NS(=O)(=O)c4cc5c(c([N+](=O)[O-])c4)N[C@@H](CN4CCOCC4)CO5)c(N4CCCOc5nc6[nH]ccc6cc54)c3)CC2)C1. The van der Waals surface area contributed by atoms with Gasteiger partial charge in [0.05, 0.1) is 46.9 Å². The highest BCUT2D eigenvalue weighted by atomic mass is 32.2. The predicted molar refractivity (Wildman–Crippen MR) is 264 cm³/mol. The summed E-state index contributed by atoms with van der Waals surface area (Å²) in [5.74, 6) is -0.458. The van der Waals surface area contributed by atoms with E-state index < -0.39 is 31.4 Å². The molecule has 4 fully saturated rings. The molecule has 0 radical (unpaired) electrons. The summed E-state index contributed by atoms with van der Waals surface area (Å²) in [7, 11) is -4.66. The standard InChI is InChI=1S/C51H59N9O8S/c1-33(2)39-7-3-4-8-40(39)42-9-5-16-58(42)37-29-51(30-37)13-18-57(19-14-51)36-10-11-41(43(26-36)59-17-6-22-67-50-45(59)25-34-12-15-52-48(34)54-50)49(61)55-69(64,65)38-27-44(60(62)63)47-46(28-38)68-32-35(53-47)31-56-20-23-66-24-21-56/h3-4,7-8,10-12,15,25-28,35,37,42,53H,1,5-6,9,13-14,16-24,29-32H2,2H3,(H,52,54)(H,55,61)/t35-,42-/m0/s1. The van der Waals surface area contributed by atoms with Crippen molar-refractivity contribution >= 4 is 61.0 Å². The number of carbonyl (C=O) groups excluding carboxylic acids is 1. The molecule has 2 atom stereocenters.